The van der Waals surface area contributed by atoms with E-state index in [1.807, 2.05) is 0 Å². The van der Waals surface area contributed by atoms with Crippen LogP contribution in [0.1, 0.15) is 42.1 Å². The number of H-pyrrole nitrogens is 1. The Balaban J connectivity index is 1.82. The third-order valence-electron chi connectivity index (χ3n) is 5.24. The molecule has 4 unspecified atom stereocenters. The third-order valence-corrected chi connectivity index (χ3v) is 5.24. The van der Waals surface area contributed by atoms with Crippen molar-refractivity contribution in [1.82, 2.24) is 9.97 Å². The Morgan fingerprint density at radius 1 is 1.21 bits per heavy atom. The predicted molar refractivity (Wildman–Crippen MR) is 77.1 cm³/mol. The quantitative estimate of drug-likeness (QED) is 0.823. The second-order valence-corrected chi connectivity index (χ2v) is 6.54. The Labute approximate surface area is 113 Å². The number of hydrogen-bond donors (Lipinski definition) is 2. The third kappa shape index (κ3) is 1.57. The molecule has 3 heteroatoms. The molecule has 1 aromatic carbocycles. The Bertz CT molecular complexity index is 641. The first-order valence-corrected chi connectivity index (χ1v) is 7.36. The summed E-state index contributed by atoms with van der Waals surface area (Å²) in [5.41, 5.74) is 11.3. The van der Waals surface area contributed by atoms with Gasteiger partial charge in [0.1, 0.15) is 5.82 Å². The van der Waals surface area contributed by atoms with Gasteiger partial charge in [0.15, 0.2) is 0 Å². The molecule has 19 heavy (non-hydrogen) atoms. The van der Waals surface area contributed by atoms with Crippen molar-refractivity contribution in [1.29, 1.82) is 0 Å². The molecule has 2 saturated carbocycles. The van der Waals surface area contributed by atoms with E-state index >= 15 is 0 Å². The topological polar surface area (TPSA) is 54.7 Å². The normalized spacial score (nSPS) is 33.4. The molecule has 1 heterocycles. The van der Waals surface area contributed by atoms with Crippen molar-refractivity contribution in [3.8, 4) is 0 Å². The summed E-state index contributed by atoms with van der Waals surface area (Å²) in [7, 11) is 0. The molecule has 3 nitrogen and oxygen atoms in total. The van der Waals surface area contributed by atoms with Gasteiger partial charge in [-0.3, -0.25) is 0 Å². The van der Waals surface area contributed by atoms with Crippen LogP contribution in [0.5, 0.6) is 0 Å². The number of hydrogen-bond acceptors (Lipinski definition) is 2. The lowest BCUT2D eigenvalue weighted by molar-refractivity contribution is 0.356. The van der Waals surface area contributed by atoms with E-state index < -0.39 is 0 Å². The number of nitrogens with zero attached hydrogens (tertiary/aromatic N) is 1. The first-order valence-electron chi connectivity index (χ1n) is 7.36. The van der Waals surface area contributed by atoms with E-state index in [1.54, 1.807) is 0 Å². The van der Waals surface area contributed by atoms with Crippen LogP contribution in [0.3, 0.4) is 0 Å². The van der Waals surface area contributed by atoms with Crippen LogP contribution in [-0.4, -0.2) is 16.0 Å². The van der Waals surface area contributed by atoms with Crippen molar-refractivity contribution in [2.75, 3.05) is 0 Å². The van der Waals surface area contributed by atoms with E-state index in [9.17, 15) is 0 Å². The van der Waals surface area contributed by atoms with Gasteiger partial charge in [0.25, 0.3) is 0 Å². The molecule has 0 radical (unpaired) electrons. The number of aromatic amines is 1. The molecule has 3 N–H and O–H groups in total. The van der Waals surface area contributed by atoms with Gasteiger partial charge in [-0.15, -0.1) is 0 Å². The van der Waals surface area contributed by atoms with Crippen molar-refractivity contribution in [3.63, 3.8) is 0 Å². The zero-order chi connectivity index (χ0) is 13.1. The van der Waals surface area contributed by atoms with E-state index in [2.05, 4.69) is 31.0 Å². The van der Waals surface area contributed by atoms with Gasteiger partial charge in [0.05, 0.1) is 11.0 Å². The van der Waals surface area contributed by atoms with Gasteiger partial charge in [0, 0.05) is 12.0 Å². The highest BCUT2D eigenvalue weighted by atomic mass is 15.0. The maximum atomic E-state index is 6.43. The van der Waals surface area contributed by atoms with Crippen LogP contribution in [0.25, 0.3) is 11.0 Å². The molecular formula is C16H21N3. The van der Waals surface area contributed by atoms with Crippen LogP contribution in [0.2, 0.25) is 0 Å². The van der Waals surface area contributed by atoms with Crippen molar-refractivity contribution in [2.45, 2.75) is 45.1 Å². The average Bonchev–Trinajstić information content (AvgIpc) is 3.01. The van der Waals surface area contributed by atoms with Crippen LogP contribution in [-0.2, 0) is 0 Å². The number of benzene rings is 1. The average molecular weight is 255 g/mol. The minimum Gasteiger partial charge on any atom is -0.342 e. The largest absolute Gasteiger partial charge is 0.342 e. The molecule has 2 bridgehead atoms. The van der Waals surface area contributed by atoms with Crippen molar-refractivity contribution >= 4 is 11.0 Å². The lowest BCUT2D eigenvalue weighted by Crippen LogP contribution is -2.34. The molecule has 4 atom stereocenters. The van der Waals surface area contributed by atoms with Gasteiger partial charge in [-0.05, 0) is 62.1 Å². The molecular weight excluding hydrogens is 234 g/mol. The van der Waals surface area contributed by atoms with Gasteiger partial charge in [-0.2, -0.15) is 0 Å². The summed E-state index contributed by atoms with van der Waals surface area (Å²) in [5.74, 6) is 3.06. The summed E-state index contributed by atoms with van der Waals surface area (Å²) in [6, 6.07) is 4.70. The summed E-state index contributed by atoms with van der Waals surface area (Å²) >= 11 is 0. The maximum absolute atomic E-state index is 6.43. The lowest BCUT2D eigenvalue weighted by Gasteiger charge is -2.26. The minimum absolute atomic E-state index is 0.306. The number of imidazole rings is 1. The summed E-state index contributed by atoms with van der Waals surface area (Å²) < 4.78 is 0. The predicted octanol–water partition coefficient (Wildman–Crippen LogP) is 3.02. The van der Waals surface area contributed by atoms with E-state index in [-0.39, 0.29) is 0 Å². The van der Waals surface area contributed by atoms with Crippen molar-refractivity contribution < 1.29 is 0 Å². The number of nitrogens with two attached hydrogens (primary N) is 1. The zero-order valence-corrected chi connectivity index (χ0v) is 11.6. The molecule has 1 aromatic heterocycles. The fraction of sp³-hybridized carbons (Fsp3) is 0.562. The van der Waals surface area contributed by atoms with Crippen LogP contribution in [0.4, 0.5) is 0 Å². The van der Waals surface area contributed by atoms with Crippen molar-refractivity contribution in [2.24, 2.45) is 17.6 Å². The summed E-state index contributed by atoms with van der Waals surface area (Å²) in [5, 5.41) is 0. The Morgan fingerprint density at radius 2 is 2.00 bits per heavy atom. The van der Waals surface area contributed by atoms with Gasteiger partial charge in [-0.1, -0.05) is 6.07 Å². The van der Waals surface area contributed by atoms with E-state index in [4.69, 9.17) is 10.7 Å². The number of aryl methyl sites for hydroxylation is 2. The standard InChI is InChI=1S/C16H21N3/c1-8-5-9(2)15-12(6-8)18-16(19-15)13-10-3-4-11(7-10)14(13)17/h5-6,10-11,13-14H,3-4,7,17H2,1-2H3,(H,18,19). The van der Waals surface area contributed by atoms with Crippen molar-refractivity contribution in [3.05, 3.63) is 29.1 Å². The zero-order valence-electron chi connectivity index (χ0n) is 11.6. The van der Waals surface area contributed by atoms with Crippen LogP contribution in [0.15, 0.2) is 12.1 Å². The fourth-order valence-corrected chi connectivity index (χ4v) is 4.39. The Kier molecular flexibility index (Phi) is 2.31. The maximum Gasteiger partial charge on any atom is 0.112 e. The fourth-order valence-electron chi connectivity index (χ4n) is 4.39. The van der Waals surface area contributed by atoms with Crippen LogP contribution in [0, 0.1) is 25.7 Å². The highest BCUT2D eigenvalue weighted by Crippen LogP contribution is 2.51. The second kappa shape index (κ2) is 3.83. The molecule has 0 amide bonds. The number of rotatable bonds is 1. The number of aromatic nitrogens is 2. The first kappa shape index (κ1) is 11.5. The molecule has 2 aromatic rings. The van der Waals surface area contributed by atoms with E-state index in [0.717, 1.165) is 23.2 Å². The molecule has 0 spiro atoms. The second-order valence-electron chi connectivity index (χ2n) is 6.54. The molecule has 2 fully saturated rings. The van der Waals surface area contributed by atoms with Gasteiger partial charge < -0.3 is 10.7 Å². The highest BCUT2D eigenvalue weighted by molar-refractivity contribution is 5.79. The van der Waals surface area contributed by atoms with Crippen LogP contribution < -0.4 is 5.73 Å². The smallest absolute Gasteiger partial charge is 0.112 e. The van der Waals surface area contributed by atoms with Gasteiger partial charge in [0.2, 0.25) is 0 Å². The van der Waals surface area contributed by atoms with E-state index in [1.165, 1.54) is 35.9 Å². The first-order chi connectivity index (χ1) is 9.13. The summed E-state index contributed by atoms with van der Waals surface area (Å²) in [6.45, 7) is 4.27. The lowest BCUT2D eigenvalue weighted by atomic mass is 9.84. The molecule has 2 aliphatic rings. The molecule has 4 rings (SSSR count). The molecule has 0 aliphatic heterocycles. The van der Waals surface area contributed by atoms with Gasteiger partial charge >= 0.3 is 0 Å². The SMILES string of the molecule is Cc1cc(C)c2nc(C3C4CCC(C4)C3N)[nH]c2c1. The Morgan fingerprint density at radius 3 is 2.74 bits per heavy atom. The van der Waals surface area contributed by atoms with Crippen LogP contribution >= 0.6 is 0 Å². The minimum atomic E-state index is 0.306. The van der Waals surface area contributed by atoms with Gasteiger partial charge in [-0.25, -0.2) is 4.98 Å². The summed E-state index contributed by atoms with van der Waals surface area (Å²) in [4.78, 5) is 8.41. The Hall–Kier alpha value is -1.35. The molecule has 100 valence electrons. The molecule has 0 saturated heterocycles. The number of fused-ring (bicyclic) bond motifs is 3. The molecule has 2 aliphatic carbocycles. The monoisotopic (exact) mass is 255 g/mol. The highest BCUT2D eigenvalue weighted by Gasteiger charge is 2.47. The number of nitrogens with one attached hydrogen (secondary N) is 1. The summed E-state index contributed by atoms with van der Waals surface area (Å²) in [6.07, 6.45) is 3.96. The van der Waals surface area contributed by atoms with E-state index in [0.29, 0.717) is 12.0 Å².